The first-order chi connectivity index (χ1) is 9.51. The number of nitrogens with zero attached hydrogens (tertiary/aromatic N) is 2. The van der Waals surface area contributed by atoms with Gasteiger partial charge in [0.25, 0.3) is 0 Å². The van der Waals surface area contributed by atoms with Crippen molar-refractivity contribution >= 4 is 17.9 Å². The Morgan fingerprint density at radius 2 is 1.95 bits per heavy atom. The van der Waals surface area contributed by atoms with E-state index in [1.807, 2.05) is 24.9 Å². The highest BCUT2D eigenvalue weighted by Crippen LogP contribution is 2.12. The van der Waals surface area contributed by atoms with Gasteiger partial charge in [-0.05, 0) is 25.1 Å². The highest BCUT2D eigenvalue weighted by atomic mass is 32.1. The predicted octanol–water partition coefficient (Wildman–Crippen LogP) is 3.73. The molecule has 0 aliphatic heterocycles. The smallest absolute Gasteiger partial charge is 0.180 e. The standard InChI is InChI=1S/C15H28N4S/c1-5-7-8-9-10-12(6-2)17-13-11-18(3)15(20)19(4)14(13)16/h11-12,16-17H,5-10H2,1-4H3. The van der Waals surface area contributed by atoms with Crippen LogP contribution in [0.25, 0.3) is 0 Å². The average molecular weight is 296 g/mol. The van der Waals surface area contributed by atoms with Crippen LogP contribution in [0.5, 0.6) is 0 Å². The summed E-state index contributed by atoms with van der Waals surface area (Å²) in [7, 11) is 3.77. The van der Waals surface area contributed by atoms with Gasteiger partial charge in [-0.1, -0.05) is 39.5 Å². The lowest BCUT2D eigenvalue weighted by Gasteiger charge is -2.20. The molecule has 1 atom stereocenters. The normalized spacial score (nSPS) is 12.4. The molecule has 2 N–H and O–H groups in total. The fraction of sp³-hybridized carbons (Fsp3) is 0.733. The lowest BCUT2D eigenvalue weighted by Crippen LogP contribution is -2.29. The van der Waals surface area contributed by atoms with Gasteiger partial charge in [0.05, 0.1) is 5.69 Å². The summed E-state index contributed by atoms with van der Waals surface area (Å²) in [6, 6.07) is 0.437. The predicted molar refractivity (Wildman–Crippen MR) is 87.5 cm³/mol. The minimum atomic E-state index is 0.437. The summed E-state index contributed by atoms with van der Waals surface area (Å²) >= 11 is 5.26. The van der Waals surface area contributed by atoms with Crippen molar-refractivity contribution in [3.8, 4) is 0 Å². The third kappa shape index (κ3) is 4.47. The van der Waals surface area contributed by atoms with E-state index in [0.29, 0.717) is 16.3 Å². The maximum Gasteiger partial charge on any atom is 0.180 e. The Morgan fingerprint density at radius 3 is 2.55 bits per heavy atom. The van der Waals surface area contributed by atoms with Gasteiger partial charge in [0, 0.05) is 26.3 Å². The molecular weight excluding hydrogens is 268 g/mol. The third-order valence-electron chi connectivity index (χ3n) is 3.76. The van der Waals surface area contributed by atoms with Gasteiger partial charge in [-0.25, -0.2) is 0 Å². The molecule has 0 spiro atoms. The number of hydrogen-bond donors (Lipinski definition) is 2. The molecule has 0 saturated carbocycles. The van der Waals surface area contributed by atoms with Crippen molar-refractivity contribution in [2.45, 2.75) is 58.4 Å². The number of aryl methyl sites for hydroxylation is 1. The van der Waals surface area contributed by atoms with Crippen molar-refractivity contribution < 1.29 is 0 Å². The van der Waals surface area contributed by atoms with E-state index in [4.69, 9.17) is 17.6 Å². The summed E-state index contributed by atoms with van der Waals surface area (Å²) < 4.78 is 4.29. The second kappa shape index (κ2) is 8.25. The lowest BCUT2D eigenvalue weighted by atomic mass is 10.1. The van der Waals surface area contributed by atoms with Crippen molar-refractivity contribution in [1.29, 1.82) is 5.41 Å². The molecule has 114 valence electrons. The van der Waals surface area contributed by atoms with Gasteiger partial charge in [0.1, 0.15) is 0 Å². The van der Waals surface area contributed by atoms with Crippen molar-refractivity contribution in [3.63, 3.8) is 0 Å². The molecule has 1 heterocycles. The molecule has 1 rings (SSSR count). The van der Waals surface area contributed by atoms with E-state index >= 15 is 0 Å². The third-order valence-corrected chi connectivity index (χ3v) is 4.32. The summed E-state index contributed by atoms with van der Waals surface area (Å²) in [4.78, 5) is 0. The molecule has 20 heavy (non-hydrogen) atoms. The van der Waals surface area contributed by atoms with Crippen LogP contribution in [0.1, 0.15) is 52.4 Å². The molecule has 1 unspecified atom stereocenters. The molecule has 0 saturated heterocycles. The van der Waals surface area contributed by atoms with Crippen LogP contribution in [0.4, 0.5) is 5.69 Å². The van der Waals surface area contributed by atoms with Crippen LogP contribution in [0.2, 0.25) is 0 Å². The molecule has 4 nitrogen and oxygen atoms in total. The Kier molecular flexibility index (Phi) is 6.99. The molecule has 1 aromatic heterocycles. The van der Waals surface area contributed by atoms with Crippen molar-refractivity contribution in [2.75, 3.05) is 5.32 Å². The molecule has 0 aliphatic rings. The number of nitrogens with one attached hydrogen (secondary N) is 2. The Balaban J connectivity index is 2.75. The van der Waals surface area contributed by atoms with Crippen LogP contribution in [0, 0.1) is 10.2 Å². The van der Waals surface area contributed by atoms with Crippen LogP contribution in [-0.4, -0.2) is 15.2 Å². The molecule has 1 aromatic rings. The minimum Gasteiger partial charge on any atom is -0.378 e. The fourth-order valence-electron chi connectivity index (χ4n) is 2.34. The van der Waals surface area contributed by atoms with Crippen molar-refractivity contribution in [3.05, 3.63) is 16.5 Å². The maximum atomic E-state index is 8.16. The number of rotatable bonds is 8. The van der Waals surface area contributed by atoms with Gasteiger partial charge < -0.3 is 14.5 Å². The van der Waals surface area contributed by atoms with Crippen molar-refractivity contribution in [1.82, 2.24) is 9.13 Å². The highest BCUT2D eigenvalue weighted by molar-refractivity contribution is 7.71. The topological polar surface area (TPSA) is 45.7 Å². The average Bonchev–Trinajstić information content (AvgIpc) is 2.45. The first-order valence-corrected chi connectivity index (χ1v) is 7.99. The molecule has 0 amide bonds. The lowest BCUT2D eigenvalue weighted by molar-refractivity contribution is 0.558. The summed E-state index contributed by atoms with van der Waals surface area (Å²) in [5.74, 6) is 0. The van der Waals surface area contributed by atoms with E-state index in [2.05, 4.69) is 19.2 Å². The number of anilines is 1. The van der Waals surface area contributed by atoms with Crippen LogP contribution >= 0.6 is 12.2 Å². The molecule has 0 aromatic carbocycles. The van der Waals surface area contributed by atoms with E-state index in [0.717, 1.165) is 12.1 Å². The molecule has 0 radical (unpaired) electrons. The van der Waals surface area contributed by atoms with Crippen LogP contribution in [-0.2, 0) is 14.1 Å². The molecule has 0 aliphatic carbocycles. The van der Waals surface area contributed by atoms with Crippen LogP contribution in [0.3, 0.4) is 0 Å². The first-order valence-electron chi connectivity index (χ1n) is 7.59. The summed E-state index contributed by atoms with van der Waals surface area (Å²) in [6.45, 7) is 4.43. The zero-order valence-corrected chi connectivity index (χ0v) is 14.0. The molecule has 0 fully saturated rings. The largest absolute Gasteiger partial charge is 0.378 e. The van der Waals surface area contributed by atoms with E-state index in [9.17, 15) is 0 Å². The molecular formula is C15H28N4S. The van der Waals surface area contributed by atoms with E-state index in [1.165, 1.54) is 32.1 Å². The summed E-state index contributed by atoms with van der Waals surface area (Å²) in [5, 5.41) is 11.7. The van der Waals surface area contributed by atoms with Gasteiger partial charge in [-0.2, -0.15) is 0 Å². The van der Waals surface area contributed by atoms with Gasteiger partial charge in [0.2, 0.25) is 0 Å². The Bertz CT molecular complexity index is 530. The number of aromatic nitrogens is 2. The van der Waals surface area contributed by atoms with Gasteiger partial charge in [-0.15, -0.1) is 0 Å². The van der Waals surface area contributed by atoms with Crippen LogP contribution in [0.15, 0.2) is 6.20 Å². The quantitative estimate of drug-likeness (QED) is 0.567. The Morgan fingerprint density at radius 1 is 1.25 bits per heavy atom. The fourth-order valence-corrected chi connectivity index (χ4v) is 2.49. The van der Waals surface area contributed by atoms with Gasteiger partial charge in [-0.3, -0.25) is 5.41 Å². The second-order valence-corrected chi connectivity index (χ2v) is 5.81. The zero-order chi connectivity index (χ0) is 15.1. The first kappa shape index (κ1) is 17.0. The van der Waals surface area contributed by atoms with E-state index in [-0.39, 0.29) is 0 Å². The number of unbranched alkanes of at least 4 members (excludes halogenated alkanes) is 3. The molecule has 5 heteroatoms. The zero-order valence-electron chi connectivity index (χ0n) is 13.2. The van der Waals surface area contributed by atoms with E-state index < -0.39 is 0 Å². The van der Waals surface area contributed by atoms with Gasteiger partial charge in [0.15, 0.2) is 10.3 Å². The summed E-state index contributed by atoms with van der Waals surface area (Å²) in [5.41, 5.74) is 1.33. The summed E-state index contributed by atoms with van der Waals surface area (Å²) in [6.07, 6.45) is 9.31. The Hall–Kier alpha value is -1.10. The van der Waals surface area contributed by atoms with Crippen molar-refractivity contribution in [2.24, 2.45) is 14.1 Å². The maximum absolute atomic E-state index is 8.16. The van der Waals surface area contributed by atoms with Crippen LogP contribution < -0.4 is 10.8 Å². The SMILES string of the molecule is CCCCCCC(CC)Nc1cn(C)c(=S)n(C)c1=N. The number of hydrogen-bond acceptors (Lipinski definition) is 3. The van der Waals surface area contributed by atoms with Gasteiger partial charge >= 0.3 is 0 Å². The second-order valence-electron chi connectivity index (χ2n) is 5.44. The minimum absolute atomic E-state index is 0.437. The Labute approximate surface area is 127 Å². The molecule has 0 bridgehead atoms. The monoisotopic (exact) mass is 296 g/mol. The van der Waals surface area contributed by atoms with E-state index in [1.54, 1.807) is 4.57 Å². The highest BCUT2D eigenvalue weighted by Gasteiger charge is 2.09.